The second kappa shape index (κ2) is 2.91. The molecule has 0 bridgehead atoms. The van der Waals surface area contributed by atoms with Gasteiger partial charge in [0, 0.05) is 12.4 Å². The summed E-state index contributed by atoms with van der Waals surface area (Å²) in [4.78, 5) is 32.3. The largest absolute Gasteiger partial charge is 0.365 e. The van der Waals surface area contributed by atoms with Crippen LogP contribution in [0.15, 0.2) is 23.3 Å². The summed E-state index contributed by atoms with van der Waals surface area (Å²) in [6.07, 6.45) is 2.91. The molecule has 2 aromatic heterocycles. The Morgan fingerprint density at radius 3 is 2.79 bits per heavy atom. The van der Waals surface area contributed by atoms with Gasteiger partial charge in [0.05, 0.1) is 0 Å². The van der Waals surface area contributed by atoms with Crippen LogP contribution < -0.4 is 11.3 Å². The molecule has 2 rings (SSSR count). The normalized spacial score (nSPS) is 10.3. The quantitative estimate of drug-likeness (QED) is 0.627. The minimum absolute atomic E-state index is 0.113. The first-order chi connectivity index (χ1) is 6.68. The van der Waals surface area contributed by atoms with E-state index in [-0.39, 0.29) is 5.56 Å². The molecule has 0 aliphatic heterocycles. The zero-order valence-electron chi connectivity index (χ0n) is 7.02. The van der Waals surface area contributed by atoms with Gasteiger partial charge in [-0.3, -0.25) is 14.6 Å². The molecule has 0 saturated heterocycles. The van der Waals surface area contributed by atoms with Crippen LogP contribution in [-0.4, -0.2) is 20.9 Å². The Morgan fingerprint density at radius 1 is 1.36 bits per heavy atom. The minimum atomic E-state index is -0.779. The van der Waals surface area contributed by atoms with Crippen molar-refractivity contribution in [1.29, 1.82) is 0 Å². The summed E-state index contributed by atoms with van der Waals surface area (Å²) in [5, 5.41) is 0. The maximum absolute atomic E-state index is 11.3. The number of amides is 1. The highest BCUT2D eigenvalue weighted by Gasteiger charge is 2.08. The first-order valence-corrected chi connectivity index (χ1v) is 3.82. The van der Waals surface area contributed by atoms with Crippen molar-refractivity contribution in [2.45, 2.75) is 0 Å². The maximum Gasteiger partial charge on any atom is 0.262 e. The molecule has 0 saturated carbocycles. The highest BCUT2D eigenvalue weighted by atomic mass is 16.2. The first-order valence-electron chi connectivity index (χ1n) is 3.82. The van der Waals surface area contributed by atoms with E-state index in [9.17, 15) is 9.59 Å². The number of pyridine rings is 1. The van der Waals surface area contributed by atoms with E-state index in [4.69, 9.17) is 5.73 Å². The Labute approximate surface area is 77.8 Å². The van der Waals surface area contributed by atoms with Crippen LogP contribution in [0.3, 0.4) is 0 Å². The molecule has 0 atom stereocenters. The molecular formula is C8H6N4O2. The van der Waals surface area contributed by atoms with Gasteiger partial charge in [-0.05, 0) is 6.07 Å². The van der Waals surface area contributed by atoms with Gasteiger partial charge in [0.25, 0.3) is 11.5 Å². The molecule has 0 fully saturated rings. The van der Waals surface area contributed by atoms with Crippen molar-refractivity contribution in [3.05, 3.63) is 34.4 Å². The molecule has 2 heterocycles. The fraction of sp³-hybridized carbons (Fsp3) is 0. The van der Waals surface area contributed by atoms with Gasteiger partial charge in [-0.15, -0.1) is 0 Å². The van der Waals surface area contributed by atoms with Crippen molar-refractivity contribution < 1.29 is 4.79 Å². The fourth-order valence-electron chi connectivity index (χ4n) is 1.11. The average Bonchev–Trinajstić information content (AvgIpc) is 2.16. The topological polar surface area (TPSA) is 102 Å². The molecule has 0 aliphatic rings. The number of hydrogen-bond acceptors (Lipinski definition) is 4. The summed E-state index contributed by atoms with van der Waals surface area (Å²) >= 11 is 0. The predicted octanol–water partition coefficient (Wildman–Crippen LogP) is -0.583. The number of primary amides is 1. The Morgan fingerprint density at radius 2 is 2.07 bits per heavy atom. The SMILES string of the molecule is NC(=O)c1cc2nccnc2[nH]c1=O. The number of nitrogens with zero attached hydrogens (tertiary/aromatic N) is 2. The Kier molecular flexibility index (Phi) is 1.74. The Balaban J connectivity index is 2.84. The van der Waals surface area contributed by atoms with Gasteiger partial charge < -0.3 is 10.7 Å². The lowest BCUT2D eigenvalue weighted by Gasteiger charge is -1.97. The smallest absolute Gasteiger partial charge is 0.262 e. The van der Waals surface area contributed by atoms with Crippen molar-refractivity contribution >= 4 is 17.1 Å². The van der Waals surface area contributed by atoms with E-state index in [1.807, 2.05) is 0 Å². The van der Waals surface area contributed by atoms with E-state index in [0.29, 0.717) is 11.2 Å². The van der Waals surface area contributed by atoms with Crippen LogP contribution in [0.5, 0.6) is 0 Å². The highest BCUT2D eigenvalue weighted by molar-refractivity contribution is 5.94. The predicted molar refractivity (Wildman–Crippen MR) is 48.7 cm³/mol. The zero-order valence-corrected chi connectivity index (χ0v) is 7.02. The van der Waals surface area contributed by atoms with Crippen molar-refractivity contribution in [3.8, 4) is 0 Å². The molecular weight excluding hydrogens is 184 g/mol. The number of aromatic amines is 1. The van der Waals surface area contributed by atoms with Gasteiger partial charge >= 0.3 is 0 Å². The van der Waals surface area contributed by atoms with E-state index in [0.717, 1.165) is 0 Å². The molecule has 0 radical (unpaired) electrons. The summed E-state index contributed by atoms with van der Waals surface area (Å²) in [6.45, 7) is 0. The molecule has 0 aliphatic carbocycles. The van der Waals surface area contributed by atoms with Crippen molar-refractivity contribution in [2.24, 2.45) is 5.73 Å². The van der Waals surface area contributed by atoms with Crippen LogP contribution in [0.1, 0.15) is 10.4 Å². The Hall–Kier alpha value is -2.24. The van der Waals surface area contributed by atoms with E-state index >= 15 is 0 Å². The first kappa shape index (κ1) is 8.36. The second-order valence-corrected chi connectivity index (χ2v) is 2.67. The van der Waals surface area contributed by atoms with Crippen LogP contribution >= 0.6 is 0 Å². The number of carbonyl (C=O) groups is 1. The van der Waals surface area contributed by atoms with E-state index < -0.39 is 11.5 Å². The lowest BCUT2D eigenvalue weighted by Crippen LogP contribution is -2.23. The van der Waals surface area contributed by atoms with Crippen LogP contribution in [-0.2, 0) is 0 Å². The molecule has 14 heavy (non-hydrogen) atoms. The number of carbonyl (C=O) groups excluding carboxylic acids is 1. The van der Waals surface area contributed by atoms with Gasteiger partial charge in [0.1, 0.15) is 11.1 Å². The summed E-state index contributed by atoms with van der Waals surface area (Å²) in [7, 11) is 0. The van der Waals surface area contributed by atoms with E-state index in [1.54, 1.807) is 0 Å². The lowest BCUT2D eigenvalue weighted by molar-refractivity contribution is 0.0999. The van der Waals surface area contributed by atoms with Crippen LogP contribution in [0.2, 0.25) is 0 Å². The lowest BCUT2D eigenvalue weighted by atomic mass is 10.2. The molecule has 6 nitrogen and oxygen atoms in total. The van der Waals surface area contributed by atoms with E-state index in [1.165, 1.54) is 18.5 Å². The van der Waals surface area contributed by atoms with Crippen LogP contribution in [0.4, 0.5) is 0 Å². The average molecular weight is 190 g/mol. The molecule has 6 heteroatoms. The highest BCUT2D eigenvalue weighted by Crippen LogP contribution is 2.02. The van der Waals surface area contributed by atoms with Crippen LogP contribution in [0, 0.1) is 0 Å². The van der Waals surface area contributed by atoms with Crippen molar-refractivity contribution in [3.63, 3.8) is 0 Å². The van der Waals surface area contributed by atoms with Gasteiger partial charge in [0.15, 0.2) is 5.65 Å². The third-order valence-corrected chi connectivity index (χ3v) is 1.75. The number of nitrogens with two attached hydrogens (primary N) is 1. The minimum Gasteiger partial charge on any atom is -0.365 e. The number of H-pyrrole nitrogens is 1. The Bertz CT molecular complexity index is 561. The van der Waals surface area contributed by atoms with Gasteiger partial charge in [-0.2, -0.15) is 0 Å². The van der Waals surface area contributed by atoms with Gasteiger partial charge in [-0.25, -0.2) is 4.98 Å². The molecule has 0 unspecified atom stereocenters. The van der Waals surface area contributed by atoms with Gasteiger partial charge in [0.2, 0.25) is 0 Å². The monoisotopic (exact) mass is 190 g/mol. The molecule has 0 spiro atoms. The third-order valence-electron chi connectivity index (χ3n) is 1.75. The molecule has 3 N–H and O–H groups in total. The molecule has 1 amide bonds. The fourth-order valence-corrected chi connectivity index (χ4v) is 1.11. The molecule has 0 aromatic carbocycles. The maximum atomic E-state index is 11.3. The molecule has 70 valence electrons. The summed E-state index contributed by atoms with van der Waals surface area (Å²) < 4.78 is 0. The van der Waals surface area contributed by atoms with E-state index in [2.05, 4.69) is 15.0 Å². The van der Waals surface area contributed by atoms with Crippen LogP contribution in [0.25, 0.3) is 11.2 Å². The summed E-state index contributed by atoms with van der Waals surface area (Å²) in [5.74, 6) is -0.779. The molecule has 2 aromatic rings. The second-order valence-electron chi connectivity index (χ2n) is 2.67. The number of nitrogens with one attached hydrogen (secondary N) is 1. The number of rotatable bonds is 1. The summed E-state index contributed by atoms with van der Waals surface area (Å²) in [5.41, 5.74) is 5.10. The van der Waals surface area contributed by atoms with Gasteiger partial charge in [-0.1, -0.05) is 0 Å². The standard InChI is InChI=1S/C8H6N4O2/c9-6(13)4-3-5-7(12-8(4)14)11-2-1-10-5/h1-3H,(H2,9,13)(H,11,12,14). The third kappa shape index (κ3) is 1.22. The summed E-state index contributed by atoms with van der Waals surface area (Å²) in [6, 6.07) is 1.32. The zero-order chi connectivity index (χ0) is 10.1. The number of fused-ring (bicyclic) bond motifs is 1. The van der Waals surface area contributed by atoms with Crippen molar-refractivity contribution in [1.82, 2.24) is 15.0 Å². The van der Waals surface area contributed by atoms with Crippen molar-refractivity contribution in [2.75, 3.05) is 0 Å². The number of hydrogen-bond donors (Lipinski definition) is 2. The number of aromatic nitrogens is 3.